The highest BCUT2D eigenvalue weighted by Crippen LogP contribution is 2.08. The van der Waals surface area contributed by atoms with Gasteiger partial charge in [0.15, 0.2) is 14.9 Å². The van der Waals surface area contributed by atoms with Crippen LogP contribution in [0.1, 0.15) is 13.3 Å². The molecule has 0 saturated carbocycles. The van der Waals surface area contributed by atoms with Gasteiger partial charge in [0.1, 0.15) is 0 Å². The van der Waals surface area contributed by atoms with Gasteiger partial charge in [-0.1, -0.05) is 11.4 Å². The van der Waals surface area contributed by atoms with Gasteiger partial charge in [-0.2, -0.15) is 0 Å². The summed E-state index contributed by atoms with van der Waals surface area (Å²) in [7, 11) is -3.13. The van der Waals surface area contributed by atoms with Crippen molar-refractivity contribution in [1.29, 1.82) is 0 Å². The van der Waals surface area contributed by atoms with Gasteiger partial charge in [-0.15, -0.1) is 5.10 Å². The summed E-state index contributed by atoms with van der Waals surface area (Å²) >= 11 is 1.05. The van der Waals surface area contributed by atoms with Gasteiger partial charge in [0.05, 0.1) is 11.1 Å². The van der Waals surface area contributed by atoms with Crippen LogP contribution in [-0.2, 0) is 9.84 Å². The van der Waals surface area contributed by atoms with Crippen LogP contribution in [0, 0.1) is 0 Å². The highest BCUT2D eigenvalue weighted by Gasteiger charge is 2.15. The first-order valence-electron chi connectivity index (χ1n) is 3.16. The number of sulfone groups is 1. The van der Waals surface area contributed by atoms with Crippen molar-refractivity contribution in [2.24, 2.45) is 0 Å². The smallest absolute Gasteiger partial charge is 0.198 e. The molecule has 0 saturated heterocycles. The van der Waals surface area contributed by atoms with Crippen LogP contribution in [0.3, 0.4) is 0 Å². The Morgan fingerprint density at radius 3 is 2.82 bits per heavy atom. The number of hydrogen-bond donors (Lipinski definition) is 0. The molecule has 4 nitrogen and oxygen atoms in total. The van der Waals surface area contributed by atoms with Crippen molar-refractivity contribution in [2.45, 2.75) is 18.4 Å². The second-order valence-electron chi connectivity index (χ2n) is 2.06. The van der Waals surface area contributed by atoms with Crippen molar-refractivity contribution in [3.8, 4) is 0 Å². The largest absolute Gasteiger partial charge is 0.222 e. The molecule has 1 aromatic rings. The first-order chi connectivity index (χ1) is 5.17. The Morgan fingerprint density at radius 2 is 2.36 bits per heavy atom. The molecule has 0 aliphatic rings. The number of nitrogens with zero attached hydrogens (tertiary/aromatic N) is 2. The van der Waals surface area contributed by atoms with Crippen molar-refractivity contribution in [3.63, 3.8) is 0 Å². The van der Waals surface area contributed by atoms with Gasteiger partial charge < -0.3 is 0 Å². The standard InChI is InChI=1S/C5H8N2O2S2/c1-2-3-11(8,9)5-4-10-7-6-5/h4H,2-3H2,1H3. The van der Waals surface area contributed by atoms with E-state index in [0.29, 0.717) is 6.42 Å². The molecule has 0 aliphatic carbocycles. The van der Waals surface area contributed by atoms with Gasteiger partial charge in [0, 0.05) is 0 Å². The van der Waals surface area contributed by atoms with E-state index in [9.17, 15) is 8.42 Å². The monoisotopic (exact) mass is 192 g/mol. The SMILES string of the molecule is CCCS(=O)(=O)c1csnn1. The van der Waals surface area contributed by atoms with Gasteiger partial charge in [0.2, 0.25) is 0 Å². The molecule has 0 aromatic carbocycles. The van der Waals surface area contributed by atoms with E-state index in [4.69, 9.17) is 0 Å². The summed E-state index contributed by atoms with van der Waals surface area (Å²) in [6.07, 6.45) is 0.611. The van der Waals surface area contributed by atoms with Gasteiger partial charge >= 0.3 is 0 Å². The molecule has 6 heteroatoms. The van der Waals surface area contributed by atoms with E-state index in [-0.39, 0.29) is 10.8 Å². The van der Waals surface area contributed by atoms with E-state index in [2.05, 4.69) is 9.59 Å². The molecule has 0 bridgehead atoms. The zero-order valence-corrected chi connectivity index (χ0v) is 7.65. The molecule has 0 amide bonds. The van der Waals surface area contributed by atoms with E-state index >= 15 is 0 Å². The molecule has 0 atom stereocenters. The molecule has 1 aromatic heterocycles. The fourth-order valence-corrected chi connectivity index (χ4v) is 2.66. The maximum absolute atomic E-state index is 11.2. The number of rotatable bonds is 3. The lowest BCUT2D eigenvalue weighted by molar-refractivity contribution is 0.590. The van der Waals surface area contributed by atoms with Gasteiger partial charge in [0.25, 0.3) is 0 Å². The lowest BCUT2D eigenvalue weighted by Gasteiger charge is -1.94. The second-order valence-corrected chi connectivity index (χ2v) is 4.73. The first-order valence-corrected chi connectivity index (χ1v) is 5.65. The Balaban J connectivity index is 2.92. The average molecular weight is 192 g/mol. The molecule has 0 unspecified atom stereocenters. The number of hydrogen-bond acceptors (Lipinski definition) is 5. The molecule has 1 rings (SSSR count). The van der Waals surface area contributed by atoms with Crippen molar-refractivity contribution < 1.29 is 8.42 Å². The normalized spacial score (nSPS) is 11.7. The predicted octanol–water partition coefficient (Wildman–Crippen LogP) is 0.722. The first kappa shape index (κ1) is 8.61. The Kier molecular flexibility index (Phi) is 2.56. The zero-order valence-electron chi connectivity index (χ0n) is 6.02. The predicted molar refractivity (Wildman–Crippen MR) is 42.3 cm³/mol. The molecule has 0 aliphatic heterocycles. The molecular weight excluding hydrogens is 184 g/mol. The minimum atomic E-state index is -3.13. The zero-order chi connectivity index (χ0) is 8.32. The third kappa shape index (κ3) is 1.97. The van der Waals surface area contributed by atoms with Crippen LogP contribution in [0.4, 0.5) is 0 Å². The van der Waals surface area contributed by atoms with Crippen molar-refractivity contribution >= 4 is 21.4 Å². The minimum absolute atomic E-state index is 0.101. The summed E-state index contributed by atoms with van der Waals surface area (Å²) < 4.78 is 25.9. The Labute approximate surface area is 69.3 Å². The van der Waals surface area contributed by atoms with E-state index < -0.39 is 9.84 Å². The van der Waals surface area contributed by atoms with Crippen LogP contribution in [0.5, 0.6) is 0 Å². The minimum Gasteiger partial charge on any atom is -0.222 e. The molecule has 11 heavy (non-hydrogen) atoms. The highest BCUT2D eigenvalue weighted by atomic mass is 32.2. The van der Waals surface area contributed by atoms with Crippen LogP contribution in [0.25, 0.3) is 0 Å². The fourth-order valence-electron chi connectivity index (χ4n) is 0.665. The molecule has 0 fully saturated rings. The van der Waals surface area contributed by atoms with Crippen molar-refractivity contribution in [1.82, 2.24) is 9.59 Å². The van der Waals surface area contributed by atoms with Crippen LogP contribution in [0.2, 0.25) is 0 Å². The van der Waals surface area contributed by atoms with Gasteiger partial charge in [-0.25, -0.2) is 8.42 Å². The van der Waals surface area contributed by atoms with E-state index in [0.717, 1.165) is 11.5 Å². The van der Waals surface area contributed by atoms with Crippen LogP contribution >= 0.6 is 11.5 Å². The Hall–Kier alpha value is -0.490. The molecular formula is C5H8N2O2S2. The summed E-state index contributed by atoms with van der Waals surface area (Å²) in [6.45, 7) is 1.82. The van der Waals surface area contributed by atoms with Gasteiger partial charge in [-0.05, 0) is 18.0 Å². The summed E-state index contributed by atoms with van der Waals surface area (Å²) in [5.74, 6) is 0.151. The maximum Gasteiger partial charge on any atom is 0.198 e. The molecule has 62 valence electrons. The quantitative estimate of drug-likeness (QED) is 0.708. The van der Waals surface area contributed by atoms with Crippen LogP contribution < -0.4 is 0 Å². The van der Waals surface area contributed by atoms with Crippen LogP contribution in [0.15, 0.2) is 10.4 Å². The highest BCUT2D eigenvalue weighted by molar-refractivity contribution is 7.91. The summed E-state index contributed by atoms with van der Waals surface area (Å²) in [5.41, 5.74) is 0. The van der Waals surface area contributed by atoms with E-state index in [1.807, 2.05) is 6.92 Å². The Bertz CT molecular complexity index is 303. The maximum atomic E-state index is 11.2. The topological polar surface area (TPSA) is 59.9 Å². The summed E-state index contributed by atoms with van der Waals surface area (Å²) in [4.78, 5) is 0. The lowest BCUT2D eigenvalue weighted by atomic mass is 10.6. The van der Waals surface area contributed by atoms with Crippen LogP contribution in [-0.4, -0.2) is 23.8 Å². The second kappa shape index (κ2) is 3.27. The van der Waals surface area contributed by atoms with E-state index in [1.54, 1.807) is 0 Å². The fraction of sp³-hybridized carbons (Fsp3) is 0.600. The van der Waals surface area contributed by atoms with E-state index in [1.165, 1.54) is 5.38 Å². The summed E-state index contributed by atoms with van der Waals surface area (Å²) in [6, 6.07) is 0. The molecule has 1 heterocycles. The third-order valence-corrected chi connectivity index (χ3v) is 3.57. The molecule has 0 radical (unpaired) electrons. The lowest BCUT2D eigenvalue weighted by Crippen LogP contribution is -2.05. The number of aromatic nitrogens is 2. The van der Waals surface area contributed by atoms with Crippen molar-refractivity contribution in [3.05, 3.63) is 5.38 Å². The average Bonchev–Trinajstić information content (AvgIpc) is 2.37. The van der Waals surface area contributed by atoms with Crippen molar-refractivity contribution in [2.75, 3.05) is 5.75 Å². The van der Waals surface area contributed by atoms with Gasteiger partial charge in [-0.3, -0.25) is 0 Å². The molecule has 0 spiro atoms. The summed E-state index contributed by atoms with van der Waals surface area (Å²) in [5, 5.41) is 5.04. The third-order valence-electron chi connectivity index (χ3n) is 1.13. The Morgan fingerprint density at radius 1 is 1.64 bits per heavy atom. The molecule has 0 N–H and O–H groups in total.